The third-order valence-electron chi connectivity index (χ3n) is 6.32. The molecule has 4 nitrogen and oxygen atoms in total. The first-order valence-corrected chi connectivity index (χ1v) is 11.7. The van der Waals surface area contributed by atoms with Crippen LogP contribution in [0.25, 0.3) is 10.9 Å². The van der Waals surface area contributed by atoms with E-state index in [9.17, 15) is 13.2 Å². The van der Waals surface area contributed by atoms with Gasteiger partial charge in [-0.05, 0) is 55.6 Å². The minimum Gasteiger partial charge on any atom is -0.492 e. The van der Waals surface area contributed by atoms with Crippen molar-refractivity contribution >= 4 is 10.9 Å². The molecule has 0 bridgehead atoms. The second-order valence-electron chi connectivity index (χ2n) is 8.68. The molecule has 0 amide bonds. The number of fused-ring (bicyclic) bond motifs is 3. The molecular formula is C26H32F3N3O. The van der Waals surface area contributed by atoms with Gasteiger partial charge >= 0.3 is 0 Å². The van der Waals surface area contributed by atoms with Gasteiger partial charge in [-0.3, -0.25) is 9.29 Å². The van der Waals surface area contributed by atoms with Crippen molar-refractivity contribution in [2.45, 2.75) is 38.0 Å². The molecule has 33 heavy (non-hydrogen) atoms. The maximum atomic E-state index is 14.2. The Hall–Kier alpha value is -2.51. The molecule has 1 aliphatic rings. The van der Waals surface area contributed by atoms with Gasteiger partial charge in [0.15, 0.2) is 0 Å². The van der Waals surface area contributed by atoms with Gasteiger partial charge in [0, 0.05) is 35.7 Å². The summed E-state index contributed by atoms with van der Waals surface area (Å²) in [6, 6.07) is 15.9. The Kier molecular flexibility index (Phi) is 7.93. The summed E-state index contributed by atoms with van der Waals surface area (Å²) in [5.41, 5.74) is 4.36. The van der Waals surface area contributed by atoms with Crippen molar-refractivity contribution in [1.29, 1.82) is 0 Å². The molecule has 2 N–H and O–H groups in total. The van der Waals surface area contributed by atoms with Crippen molar-refractivity contribution in [2.75, 3.05) is 39.6 Å². The maximum Gasteiger partial charge on any atom is 0.141 e. The molecular weight excluding hydrogens is 427 g/mol. The molecule has 0 saturated carbocycles. The number of aromatic nitrogens is 1. The summed E-state index contributed by atoms with van der Waals surface area (Å²) in [6.45, 7) is 2.59. The van der Waals surface area contributed by atoms with Gasteiger partial charge in [-0.2, -0.15) is 0 Å². The molecule has 0 radical (unpaired) electrons. The Bertz CT molecular complexity index is 1020. The van der Waals surface area contributed by atoms with E-state index in [1.165, 1.54) is 10.9 Å². The van der Waals surface area contributed by atoms with E-state index in [2.05, 4.69) is 34.3 Å². The Balaban J connectivity index is 1.57. The number of para-hydroxylation sites is 1. The van der Waals surface area contributed by atoms with Crippen LogP contribution in [-0.2, 0) is 6.42 Å². The zero-order chi connectivity index (χ0) is 23.2. The van der Waals surface area contributed by atoms with Crippen LogP contribution in [0, 0.1) is 0 Å². The monoisotopic (exact) mass is 459 g/mol. The number of halogens is 3. The Morgan fingerprint density at radius 1 is 1.12 bits per heavy atom. The maximum absolute atomic E-state index is 14.2. The number of ether oxygens (including phenoxy) is 1. The zero-order valence-corrected chi connectivity index (χ0v) is 19.0. The van der Waals surface area contributed by atoms with Crippen molar-refractivity contribution in [3.05, 3.63) is 65.4 Å². The van der Waals surface area contributed by atoms with E-state index in [-0.39, 0.29) is 25.3 Å². The van der Waals surface area contributed by atoms with Crippen LogP contribution in [0.4, 0.5) is 13.2 Å². The third kappa shape index (κ3) is 5.36. The molecule has 0 aliphatic carbocycles. The van der Waals surface area contributed by atoms with Gasteiger partial charge in [-0.1, -0.05) is 30.3 Å². The molecule has 0 fully saturated rings. The zero-order valence-electron chi connectivity index (χ0n) is 19.0. The number of benzene rings is 2. The standard InChI is InChI=1S/C26H32F3N3O/c1-18-15-23-22-5-2-3-6-24(22)31-25(23)26(32(18)17-20(29)16-28)19-7-9-21(10-8-19)33-14-13-30-12-4-11-27/h2-3,5-10,18,20,26,30-31H,4,11-17H2,1H3/t18-,20?,26?/m1/s1. The number of aromatic amines is 1. The van der Waals surface area contributed by atoms with Crippen molar-refractivity contribution in [1.82, 2.24) is 15.2 Å². The van der Waals surface area contributed by atoms with Crippen LogP contribution in [-0.4, -0.2) is 61.7 Å². The lowest BCUT2D eigenvalue weighted by molar-refractivity contribution is 0.0956. The highest BCUT2D eigenvalue weighted by Gasteiger charge is 2.36. The SMILES string of the molecule is C[C@@H]1Cc2c([nH]c3ccccc23)C(c2ccc(OCCNCCCF)cc2)N1CC(F)CF. The number of H-pyrrole nitrogens is 1. The number of hydrogen-bond donors (Lipinski definition) is 2. The van der Waals surface area contributed by atoms with Crippen LogP contribution < -0.4 is 10.1 Å². The van der Waals surface area contributed by atoms with E-state index in [1.54, 1.807) is 0 Å². The summed E-state index contributed by atoms with van der Waals surface area (Å²) >= 11 is 0. The Morgan fingerprint density at radius 3 is 2.67 bits per heavy atom. The van der Waals surface area contributed by atoms with Gasteiger partial charge in [0.2, 0.25) is 0 Å². The summed E-state index contributed by atoms with van der Waals surface area (Å²) in [6.07, 6.45) is -0.234. The Morgan fingerprint density at radius 2 is 1.91 bits per heavy atom. The number of nitrogens with zero attached hydrogens (tertiary/aromatic N) is 1. The minimum atomic E-state index is -1.52. The predicted molar refractivity (Wildman–Crippen MR) is 126 cm³/mol. The fraction of sp³-hybridized carbons (Fsp3) is 0.462. The highest BCUT2D eigenvalue weighted by Crippen LogP contribution is 2.41. The second-order valence-corrected chi connectivity index (χ2v) is 8.68. The summed E-state index contributed by atoms with van der Waals surface area (Å²) in [7, 11) is 0. The van der Waals surface area contributed by atoms with Gasteiger partial charge in [0.1, 0.15) is 25.2 Å². The second kappa shape index (κ2) is 11.1. The highest BCUT2D eigenvalue weighted by atomic mass is 19.2. The average Bonchev–Trinajstić information content (AvgIpc) is 3.20. The molecule has 3 aromatic rings. The smallest absolute Gasteiger partial charge is 0.141 e. The van der Waals surface area contributed by atoms with E-state index < -0.39 is 12.8 Å². The quantitative estimate of drug-likeness (QED) is 0.390. The molecule has 1 aromatic heterocycles. The first-order valence-electron chi connectivity index (χ1n) is 11.7. The van der Waals surface area contributed by atoms with Gasteiger partial charge in [0.05, 0.1) is 12.7 Å². The highest BCUT2D eigenvalue weighted by molar-refractivity contribution is 5.85. The molecule has 0 saturated heterocycles. The predicted octanol–water partition coefficient (Wildman–Crippen LogP) is 5.14. The Labute approximate surface area is 193 Å². The molecule has 7 heteroatoms. The average molecular weight is 460 g/mol. The van der Waals surface area contributed by atoms with Crippen LogP contribution in [0.2, 0.25) is 0 Å². The van der Waals surface area contributed by atoms with Crippen molar-refractivity contribution in [2.24, 2.45) is 0 Å². The van der Waals surface area contributed by atoms with Crippen LogP contribution >= 0.6 is 0 Å². The molecule has 2 heterocycles. The summed E-state index contributed by atoms with van der Waals surface area (Å²) in [5, 5.41) is 4.32. The lowest BCUT2D eigenvalue weighted by Crippen LogP contribution is -2.45. The first kappa shape index (κ1) is 23.6. The van der Waals surface area contributed by atoms with E-state index in [1.807, 2.05) is 36.4 Å². The fourth-order valence-electron chi connectivity index (χ4n) is 4.73. The van der Waals surface area contributed by atoms with E-state index in [0.29, 0.717) is 26.1 Å². The molecule has 178 valence electrons. The normalized spacial score (nSPS) is 19.5. The van der Waals surface area contributed by atoms with Gasteiger partial charge in [-0.15, -0.1) is 0 Å². The summed E-state index contributed by atoms with van der Waals surface area (Å²) in [4.78, 5) is 5.62. The van der Waals surface area contributed by atoms with Gasteiger partial charge < -0.3 is 15.0 Å². The van der Waals surface area contributed by atoms with E-state index in [4.69, 9.17) is 4.74 Å². The molecule has 4 rings (SSSR count). The largest absolute Gasteiger partial charge is 0.492 e. The molecule has 3 atom stereocenters. The molecule has 1 aliphatic heterocycles. The van der Waals surface area contributed by atoms with Crippen molar-refractivity contribution in [3.8, 4) is 5.75 Å². The van der Waals surface area contributed by atoms with Crippen molar-refractivity contribution < 1.29 is 17.9 Å². The lowest BCUT2D eigenvalue weighted by atomic mass is 9.88. The number of alkyl halides is 3. The van der Waals surface area contributed by atoms with Crippen LogP contribution in [0.15, 0.2) is 48.5 Å². The van der Waals surface area contributed by atoms with E-state index in [0.717, 1.165) is 28.9 Å². The molecule has 0 spiro atoms. The van der Waals surface area contributed by atoms with Crippen LogP contribution in [0.5, 0.6) is 5.75 Å². The number of hydrogen-bond acceptors (Lipinski definition) is 3. The fourth-order valence-corrected chi connectivity index (χ4v) is 4.73. The van der Waals surface area contributed by atoms with E-state index >= 15 is 0 Å². The first-order chi connectivity index (χ1) is 16.1. The molecule has 2 unspecified atom stereocenters. The third-order valence-corrected chi connectivity index (χ3v) is 6.32. The summed E-state index contributed by atoms with van der Waals surface area (Å²) < 4.78 is 45.2. The van der Waals surface area contributed by atoms with Crippen molar-refractivity contribution in [3.63, 3.8) is 0 Å². The lowest BCUT2D eigenvalue weighted by Gasteiger charge is -2.41. The van der Waals surface area contributed by atoms with Gasteiger partial charge in [0.25, 0.3) is 0 Å². The van der Waals surface area contributed by atoms with Gasteiger partial charge in [-0.25, -0.2) is 8.78 Å². The molecule has 2 aromatic carbocycles. The number of rotatable bonds is 11. The van der Waals surface area contributed by atoms with Crippen LogP contribution in [0.3, 0.4) is 0 Å². The minimum absolute atomic E-state index is 0.0416. The summed E-state index contributed by atoms with van der Waals surface area (Å²) in [5.74, 6) is 0.741. The van der Waals surface area contributed by atoms with Crippen LogP contribution in [0.1, 0.15) is 36.2 Å². The number of nitrogens with one attached hydrogen (secondary N) is 2. The topological polar surface area (TPSA) is 40.3 Å².